The van der Waals surface area contributed by atoms with Crippen LogP contribution in [0.2, 0.25) is 25.7 Å². The zero-order chi connectivity index (χ0) is 17.5. The number of rotatable bonds is 6. The largest absolute Gasteiger partial charge is 0.464 e. The first-order valence-electron chi connectivity index (χ1n) is 8.64. The van der Waals surface area contributed by atoms with E-state index in [1.165, 1.54) is 19.3 Å². The Labute approximate surface area is 140 Å². The van der Waals surface area contributed by atoms with E-state index in [1.54, 1.807) is 0 Å². The normalized spacial score (nSPS) is 17.4. The van der Waals surface area contributed by atoms with Crippen molar-refractivity contribution in [1.82, 2.24) is 10.4 Å². The van der Waals surface area contributed by atoms with E-state index < -0.39 is 20.3 Å². The van der Waals surface area contributed by atoms with Crippen LogP contribution in [0.25, 0.3) is 0 Å². The summed E-state index contributed by atoms with van der Waals surface area (Å²) in [7, 11) is -1.27. The number of nitrogens with one attached hydrogen (secondary N) is 1. The number of nitrogens with zero attached hydrogens (tertiary/aromatic N) is 1. The van der Waals surface area contributed by atoms with Crippen molar-refractivity contribution >= 4 is 20.3 Å². The quantitative estimate of drug-likeness (QED) is 0.556. The molecule has 134 valence electrons. The topological polar surface area (TPSA) is 78.9 Å². The van der Waals surface area contributed by atoms with Crippen LogP contribution < -0.4 is 5.43 Å². The number of carboxylic acid groups (broad SMARTS) is 1. The highest BCUT2D eigenvalue weighted by Gasteiger charge is 2.26. The minimum atomic E-state index is -1.27. The summed E-state index contributed by atoms with van der Waals surface area (Å²) in [5, 5.41) is 10.3. The Hall–Kier alpha value is -1.24. The predicted molar refractivity (Wildman–Crippen MR) is 93.2 cm³/mol. The van der Waals surface area contributed by atoms with Crippen molar-refractivity contribution in [3.8, 4) is 0 Å². The molecule has 0 aliphatic heterocycles. The fourth-order valence-corrected chi connectivity index (χ4v) is 3.65. The Morgan fingerprint density at radius 3 is 2.39 bits per heavy atom. The van der Waals surface area contributed by atoms with Crippen LogP contribution in [0.15, 0.2) is 0 Å². The van der Waals surface area contributed by atoms with E-state index in [1.807, 2.05) is 6.92 Å². The molecule has 7 heteroatoms. The lowest BCUT2D eigenvalue weighted by Crippen LogP contribution is -2.51. The van der Waals surface area contributed by atoms with Crippen molar-refractivity contribution in [2.45, 2.75) is 77.2 Å². The average molecular weight is 345 g/mol. The van der Waals surface area contributed by atoms with Crippen LogP contribution >= 0.6 is 0 Å². The molecule has 0 aromatic heterocycles. The molecule has 23 heavy (non-hydrogen) atoms. The van der Waals surface area contributed by atoms with Gasteiger partial charge in [0.25, 0.3) is 0 Å². The lowest BCUT2D eigenvalue weighted by molar-refractivity contribution is 0.0702. The Balaban J connectivity index is 2.43. The molecule has 0 radical (unpaired) electrons. The van der Waals surface area contributed by atoms with Gasteiger partial charge in [0.15, 0.2) is 0 Å². The monoisotopic (exact) mass is 344 g/mol. The number of carbonyl (C=O) groups excluding carboxylic acids is 1. The van der Waals surface area contributed by atoms with E-state index in [4.69, 9.17) is 4.74 Å². The summed E-state index contributed by atoms with van der Waals surface area (Å²) >= 11 is 0. The van der Waals surface area contributed by atoms with Gasteiger partial charge in [-0.1, -0.05) is 51.7 Å². The molecule has 0 aromatic carbocycles. The molecular weight excluding hydrogens is 312 g/mol. The average Bonchev–Trinajstić information content (AvgIpc) is 2.44. The van der Waals surface area contributed by atoms with Crippen molar-refractivity contribution < 1.29 is 19.4 Å². The van der Waals surface area contributed by atoms with E-state index in [9.17, 15) is 14.7 Å². The molecule has 2 amide bonds. The van der Waals surface area contributed by atoms with Gasteiger partial charge < -0.3 is 9.84 Å². The molecule has 1 atom stereocenters. The van der Waals surface area contributed by atoms with Gasteiger partial charge in [-0.3, -0.25) is 0 Å². The van der Waals surface area contributed by atoms with Crippen molar-refractivity contribution in [2.75, 3.05) is 6.61 Å². The van der Waals surface area contributed by atoms with Crippen LogP contribution in [0.3, 0.4) is 0 Å². The Morgan fingerprint density at radius 2 is 1.87 bits per heavy atom. The zero-order valence-electron chi connectivity index (χ0n) is 14.9. The fourth-order valence-electron chi connectivity index (χ4n) is 2.94. The summed E-state index contributed by atoms with van der Waals surface area (Å²) in [6.07, 6.45) is 4.97. The molecule has 1 aliphatic carbocycles. The molecule has 0 saturated heterocycles. The second-order valence-corrected chi connectivity index (χ2v) is 13.4. The first-order valence-corrected chi connectivity index (χ1v) is 12.4. The van der Waals surface area contributed by atoms with Gasteiger partial charge in [0.2, 0.25) is 0 Å². The molecule has 6 nitrogen and oxygen atoms in total. The van der Waals surface area contributed by atoms with Gasteiger partial charge in [-0.15, -0.1) is 0 Å². The van der Waals surface area contributed by atoms with Crippen LogP contribution in [-0.2, 0) is 4.74 Å². The van der Waals surface area contributed by atoms with Gasteiger partial charge in [0.05, 0.1) is 12.6 Å². The third-order valence-electron chi connectivity index (χ3n) is 4.34. The second kappa shape index (κ2) is 9.15. The molecule has 2 N–H and O–H groups in total. The van der Waals surface area contributed by atoms with Crippen LogP contribution in [0, 0.1) is 5.92 Å². The van der Waals surface area contributed by atoms with Crippen molar-refractivity contribution in [3.05, 3.63) is 0 Å². The van der Waals surface area contributed by atoms with E-state index in [0.29, 0.717) is 12.5 Å². The van der Waals surface area contributed by atoms with Crippen molar-refractivity contribution in [1.29, 1.82) is 0 Å². The summed E-state index contributed by atoms with van der Waals surface area (Å²) < 4.78 is 5.12. The number of amides is 2. The second-order valence-electron chi connectivity index (χ2n) is 7.80. The van der Waals surface area contributed by atoms with E-state index in [0.717, 1.165) is 30.3 Å². The van der Waals surface area contributed by atoms with Crippen LogP contribution in [0.5, 0.6) is 0 Å². The van der Waals surface area contributed by atoms with E-state index in [2.05, 4.69) is 25.1 Å². The van der Waals surface area contributed by atoms with Gasteiger partial charge in [0, 0.05) is 8.07 Å². The summed E-state index contributed by atoms with van der Waals surface area (Å²) in [6, 6.07) is 0.616. The van der Waals surface area contributed by atoms with Gasteiger partial charge in [-0.25, -0.2) is 20.0 Å². The molecule has 1 saturated carbocycles. The molecule has 0 spiro atoms. The van der Waals surface area contributed by atoms with Gasteiger partial charge >= 0.3 is 12.2 Å². The summed E-state index contributed by atoms with van der Waals surface area (Å²) in [5.41, 5.74) is 2.38. The molecule has 1 rings (SSSR count). The third-order valence-corrected chi connectivity index (χ3v) is 6.05. The number of hydrogen-bond donors (Lipinski definition) is 2. The Kier molecular flexibility index (Phi) is 7.88. The Morgan fingerprint density at radius 1 is 1.26 bits per heavy atom. The van der Waals surface area contributed by atoms with Gasteiger partial charge in [-0.05, 0) is 25.3 Å². The number of hydrogen-bond acceptors (Lipinski definition) is 3. The number of hydrazine groups is 1. The lowest BCUT2D eigenvalue weighted by Gasteiger charge is -2.30. The molecule has 1 aliphatic rings. The smallest absolute Gasteiger partial charge is 0.426 e. The van der Waals surface area contributed by atoms with Gasteiger partial charge in [0.1, 0.15) is 0 Å². The maximum Gasteiger partial charge on any atom is 0.426 e. The van der Waals surface area contributed by atoms with E-state index >= 15 is 0 Å². The molecule has 0 bridgehead atoms. The number of ether oxygens (including phenoxy) is 1. The number of carbonyl (C=O) groups is 2. The SMILES string of the molecule is CC(CC1CCCCC1)N(NC(=O)OCC[Si](C)(C)C)C(=O)O. The van der Waals surface area contributed by atoms with Crippen molar-refractivity contribution in [3.63, 3.8) is 0 Å². The highest BCUT2D eigenvalue weighted by atomic mass is 28.3. The Bertz CT molecular complexity index is 392. The zero-order valence-corrected chi connectivity index (χ0v) is 15.9. The summed E-state index contributed by atoms with van der Waals surface area (Å²) in [6.45, 7) is 8.77. The predicted octanol–water partition coefficient (Wildman–Crippen LogP) is 4.30. The molecule has 0 aromatic rings. The molecule has 1 fully saturated rings. The fraction of sp³-hybridized carbons (Fsp3) is 0.875. The van der Waals surface area contributed by atoms with Crippen LogP contribution in [-0.4, -0.2) is 43.0 Å². The molecule has 1 unspecified atom stereocenters. The highest BCUT2D eigenvalue weighted by molar-refractivity contribution is 6.76. The standard InChI is InChI=1S/C16H32N2O4Si/c1-13(12-14-8-6-5-7-9-14)18(16(20)21)17-15(19)22-10-11-23(2,3)4/h13-14H,5-12H2,1-4H3,(H,17,19)(H,20,21). The maximum atomic E-state index is 11.8. The molecule has 0 heterocycles. The van der Waals surface area contributed by atoms with E-state index in [-0.39, 0.29) is 6.04 Å². The summed E-state index contributed by atoms with van der Waals surface area (Å²) in [5.74, 6) is 0.547. The molecular formula is C16H32N2O4Si. The minimum absolute atomic E-state index is 0.250. The maximum absolute atomic E-state index is 11.8. The first-order chi connectivity index (χ1) is 10.7. The first kappa shape index (κ1) is 19.8. The van der Waals surface area contributed by atoms with Gasteiger partial charge in [-0.2, -0.15) is 0 Å². The van der Waals surface area contributed by atoms with Crippen molar-refractivity contribution in [2.24, 2.45) is 5.92 Å². The van der Waals surface area contributed by atoms with Crippen LogP contribution in [0.1, 0.15) is 45.4 Å². The lowest BCUT2D eigenvalue weighted by atomic mass is 9.85. The highest BCUT2D eigenvalue weighted by Crippen LogP contribution is 2.28. The van der Waals surface area contributed by atoms with Crippen LogP contribution in [0.4, 0.5) is 9.59 Å². The third kappa shape index (κ3) is 8.25. The summed E-state index contributed by atoms with van der Waals surface area (Å²) in [4.78, 5) is 23.2. The minimum Gasteiger partial charge on any atom is -0.464 e.